The average molecular weight is 373 g/mol. The van der Waals surface area contributed by atoms with E-state index in [9.17, 15) is 14.7 Å². The van der Waals surface area contributed by atoms with E-state index in [4.69, 9.17) is 0 Å². The topological polar surface area (TPSA) is 60.9 Å². The van der Waals surface area contributed by atoms with Crippen LogP contribution in [0.5, 0.6) is 5.75 Å². The Balaban J connectivity index is 2.52. The number of amides is 3. The molecule has 1 fully saturated rings. The highest BCUT2D eigenvalue weighted by molar-refractivity contribution is 6.08. The Morgan fingerprint density at radius 3 is 1.96 bits per heavy atom. The summed E-state index contributed by atoms with van der Waals surface area (Å²) < 4.78 is 0. The van der Waals surface area contributed by atoms with Gasteiger partial charge in [0.05, 0.1) is 0 Å². The molecule has 0 spiro atoms. The molecular weight excluding hydrogens is 340 g/mol. The summed E-state index contributed by atoms with van der Waals surface area (Å²) in [6, 6.07) is 3.60. The zero-order valence-corrected chi connectivity index (χ0v) is 17.8. The van der Waals surface area contributed by atoms with Crippen LogP contribution in [0.4, 0.5) is 4.79 Å². The molecule has 5 heteroatoms. The van der Waals surface area contributed by atoms with E-state index in [0.717, 1.165) is 16.7 Å². The van der Waals surface area contributed by atoms with E-state index >= 15 is 0 Å². The summed E-state index contributed by atoms with van der Waals surface area (Å²) in [6.45, 7) is 12.8. The molecule has 1 N–H and O–H groups in total. The molecule has 1 saturated heterocycles. The van der Waals surface area contributed by atoms with Crippen LogP contribution >= 0.6 is 0 Å². The van der Waals surface area contributed by atoms with Gasteiger partial charge >= 0.3 is 6.03 Å². The number of phenolic OH excluding ortho intramolecular Hbond substituents is 1. The molecule has 0 aliphatic carbocycles. The minimum atomic E-state index is -0.292. The molecule has 0 saturated carbocycles. The highest BCUT2D eigenvalue weighted by Gasteiger charge is 2.32. The van der Waals surface area contributed by atoms with Gasteiger partial charge in [0.25, 0.3) is 5.91 Å². The highest BCUT2D eigenvalue weighted by Crippen LogP contribution is 2.40. The Hall–Kier alpha value is -2.30. The maximum Gasteiger partial charge on any atom is 0.326 e. The summed E-state index contributed by atoms with van der Waals surface area (Å²) in [5.74, 6) is 0.0794. The van der Waals surface area contributed by atoms with Crippen molar-refractivity contribution in [3.05, 3.63) is 34.4 Å². The number of carbonyl (C=O) groups excluding carboxylic acids is 2. The molecule has 1 aliphatic rings. The van der Waals surface area contributed by atoms with Crippen LogP contribution in [-0.2, 0) is 15.6 Å². The summed E-state index contributed by atoms with van der Waals surface area (Å²) >= 11 is 0. The van der Waals surface area contributed by atoms with E-state index in [1.165, 1.54) is 9.80 Å². The van der Waals surface area contributed by atoms with Crippen molar-refractivity contribution in [2.75, 3.05) is 20.6 Å². The lowest BCUT2D eigenvalue weighted by molar-refractivity contribution is -0.122. The smallest absolute Gasteiger partial charge is 0.326 e. The van der Waals surface area contributed by atoms with Gasteiger partial charge in [-0.1, -0.05) is 41.5 Å². The SMILES string of the molecule is CN(C)C(=O)N1CC/C(=C/c2cc(C(C)(C)C)c(O)c(C(C)(C)C)c2)C1=O. The van der Waals surface area contributed by atoms with Gasteiger partial charge in [-0.05, 0) is 41.0 Å². The molecule has 1 aromatic carbocycles. The van der Waals surface area contributed by atoms with Crippen molar-refractivity contribution in [1.29, 1.82) is 0 Å². The van der Waals surface area contributed by atoms with Gasteiger partial charge in [-0.2, -0.15) is 0 Å². The third-order valence-corrected chi connectivity index (χ3v) is 4.83. The molecule has 0 radical (unpaired) electrons. The number of likely N-dealkylation sites (tertiary alicyclic amines) is 1. The number of hydrogen-bond donors (Lipinski definition) is 1. The van der Waals surface area contributed by atoms with E-state index in [-0.39, 0.29) is 22.8 Å². The van der Waals surface area contributed by atoms with Crippen molar-refractivity contribution >= 4 is 18.0 Å². The lowest BCUT2D eigenvalue weighted by Crippen LogP contribution is -2.39. The van der Waals surface area contributed by atoms with E-state index in [0.29, 0.717) is 24.3 Å². The predicted octanol–water partition coefficient (Wildman–Crippen LogP) is 4.28. The van der Waals surface area contributed by atoms with Crippen LogP contribution in [0.2, 0.25) is 0 Å². The summed E-state index contributed by atoms with van der Waals surface area (Å²) in [7, 11) is 3.28. The number of urea groups is 1. The molecular formula is C22H32N2O3. The standard InChI is InChI=1S/C22H32N2O3/c1-21(2,3)16-12-14(13-17(18(16)25)22(4,5)6)11-15-9-10-24(19(15)26)20(27)23(7)8/h11-13,25H,9-10H2,1-8H3/b15-11-. The van der Waals surface area contributed by atoms with Crippen molar-refractivity contribution in [1.82, 2.24) is 9.80 Å². The Labute approximate surface area is 162 Å². The molecule has 0 aromatic heterocycles. The Morgan fingerprint density at radius 1 is 1.07 bits per heavy atom. The van der Waals surface area contributed by atoms with Gasteiger partial charge in [-0.25, -0.2) is 4.79 Å². The first-order valence-corrected chi connectivity index (χ1v) is 9.35. The van der Waals surface area contributed by atoms with E-state index in [1.54, 1.807) is 14.1 Å². The first kappa shape index (κ1) is 21.0. The van der Waals surface area contributed by atoms with Gasteiger partial charge in [0, 0.05) is 37.3 Å². The number of aromatic hydroxyl groups is 1. The third-order valence-electron chi connectivity index (χ3n) is 4.83. The lowest BCUT2D eigenvalue weighted by Gasteiger charge is -2.28. The molecule has 2 rings (SSSR count). The molecule has 1 aliphatic heterocycles. The molecule has 3 amide bonds. The highest BCUT2D eigenvalue weighted by atomic mass is 16.3. The van der Waals surface area contributed by atoms with Gasteiger partial charge in [-0.3, -0.25) is 9.69 Å². The van der Waals surface area contributed by atoms with Crippen molar-refractivity contribution in [3.63, 3.8) is 0 Å². The van der Waals surface area contributed by atoms with Crippen LogP contribution < -0.4 is 0 Å². The monoisotopic (exact) mass is 372 g/mol. The minimum absolute atomic E-state index is 0.231. The summed E-state index contributed by atoms with van der Waals surface area (Å²) in [5.41, 5.74) is 2.75. The van der Waals surface area contributed by atoms with Gasteiger partial charge in [-0.15, -0.1) is 0 Å². The number of benzene rings is 1. The summed E-state index contributed by atoms with van der Waals surface area (Å²) in [4.78, 5) is 27.5. The normalized spacial score (nSPS) is 17.0. The Bertz CT molecular complexity index is 758. The van der Waals surface area contributed by atoms with E-state index < -0.39 is 0 Å². The molecule has 1 heterocycles. The summed E-state index contributed by atoms with van der Waals surface area (Å²) in [6.07, 6.45) is 2.39. The van der Waals surface area contributed by atoms with Crippen LogP contribution in [0.25, 0.3) is 6.08 Å². The average Bonchev–Trinajstić information content (AvgIpc) is 2.86. The number of nitrogens with zero attached hydrogens (tertiary/aromatic N) is 2. The zero-order chi connectivity index (χ0) is 20.7. The van der Waals surface area contributed by atoms with E-state index in [2.05, 4.69) is 41.5 Å². The van der Waals surface area contributed by atoms with Crippen molar-refractivity contribution < 1.29 is 14.7 Å². The largest absolute Gasteiger partial charge is 0.507 e. The number of carbonyl (C=O) groups is 2. The van der Waals surface area contributed by atoms with Crippen molar-refractivity contribution in [2.24, 2.45) is 0 Å². The quantitative estimate of drug-likeness (QED) is 0.748. The van der Waals surface area contributed by atoms with Crippen molar-refractivity contribution in [3.8, 4) is 5.75 Å². The molecule has 0 atom stereocenters. The maximum atomic E-state index is 12.6. The molecule has 148 valence electrons. The second-order valence-corrected chi connectivity index (χ2v) is 9.52. The maximum absolute atomic E-state index is 12.6. The van der Waals surface area contributed by atoms with Crippen LogP contribution in [-0.4, -0.2) is 47.5 Å². The number of rotatable bonds is 1. The van der Waals surface area contributed by atoms with Gasteiger partial charge in [0.2, 0.25) is 0 Å². The molecule has 0 bridgehead atoms. The fourth-order valence-electron chi connectivity index (χ4n) is 3.26. The number of imide groups is 1. The molecule has 1 aromatic rings. The Kier molecular flexibility index (Phi) is 5.46. The second-order valence-electron chi connectivity index (χ2n) is 9.52. The fourth-order valence-corrected chi connectivity index (χ4v) is 3.26. The molecule has 5 nitrogen and oxygen atoms in total. The number of hydrogen-bond acceptors (Lipinski definition) is 3. The fraction of sp³-hybridized carbons (Fsp3) is 0.545. The Morgan fingerprint density at radius 2 is 1.56 bits per heavy atom. The first-order valence-electron chi connectivity index (χ1n) is 9.35. The second kappa shape index (κ2) is 7.02. The van der Waals surface area contributed by atoms with Gasteiger partial charge in [0.15, 0.2) is 0 Å². The predicted molar refractivity (Wildman–Crippen MR) is 109 cm³/mol. The third kappa shape index (κ3) is 4.34. The van der Waals surface area contributed by atoms with Crippen molar-refractivity contribution in [2.45, 2.75) is 58.8 Å². The first-order chi connectivity index (χ1) is 12.2. The van der Waals surface area contributed by atoms with Crippen LogP contribution in [0.1, 0.15) is 64.7 Å². The van der Waals surface area contributed by atoms with Gasteiger partial charge < -0.3 is 10.0 Å². The van der Waals surface area contributed by atoms with Crippen LogP contribution in [0.3, 0.4) is 0 Å². The zero-order valence-electron chi connectivity index (χ0n) is 17.8. The molecule has 27 heavy (non-hydrogen) atoms. The molecule has 0 unspecified atom stereocenters. The van der Waals surface area contributed by atoms with Gasteiger partial charge in [0.1, 0.15) is 5.75 Å². The van der Waals surface area contributed by atoms with Crippen LogP contribution in [0.15, 0.2) is 17.7 Å². The van der Waals surface area contributed by atoms with Crippen LogP contribution in [0, 0.1) is 0 Å². The van der Waals surface area contributed by atoms with E-state index in [1.807, 2.05) is 18.2 Å². The number of phenols is 1. The summed E-state index contributed by atoms with van der Waals surface area (Å²) in [5, 5.41) is 10.8. The lowest BCUT2D eigenvalue weighted by atomic mass is 9.78. The minimum Gasteiger partial charge on any atom is -0.507 e.